The first-order valence-electron chi connectivity index (χ1n) is 10.0. The standard InChI is InChI=1S/C20H24F2N4O3S/c1-24-19-8-11-26(30(28,29)14-4-5-16(21)17(22)12-14)13-15(19)18(23-24)6-7-20(27)25-9-2-3-10-25/h4-5,12H,2-3,6-11,13H2,1H3. The Labute approximate surface area is 174 Å². The minimum Gasteiger partial charge on any atom is -0.343 e. The molecule has 1 saturated heterocycles. The van der Waals surface area contributed by atoms with Gasteiger partial charge in [-0.3, -0.25) is 9.48 Å². The smallest absolute Gasteiger partial charge is 0.243 e. The van der Waals surface area contributed by atoms with E-state index in [1.54, 1.807) is 4.68 Å². The quantitative estimate of drug-likeness (QED) is 0.716. The van der Waals surface area contributed by atoms with Crippen molar-refractivity contribution in [3.8, 4) is 0 Å². The van der Waals surface area contributed by atoms with Crippen LogP contribution in [0.15, 0.2) is 23.1 Å². The van der Waals surface area contributed by atoms with Crippen LogP contribution in [0.3, 0.4) is 0 Å². The number of sulfonamides is 1. The largest absolute Gasteiger partial charge is 0.343 e. The van der Waals surface area contributed by atoms with E-state index in [0.29, 0.717) is 31.0 Å². The van der Waals surface area contributed by atoms with E-state index in [-0.39, 0.29) is 23.9 Å². The maximum absolute atomic E-state index is 13.6. The summed E-state index contributed by atoms with van der Waals surface area (Å²) in [6.07, 6.45) is 3.29. The maximum atomic E-state index is 13.6. The fraction of sp³-hybridized carbons (Fsp3) is 0.500. The van der Waals surface area contributed by atoms with Crippen molar-refractivity contribution in [2.45, 2.75) is 43.5 Å². The van der Waals surface area contributed by atoms with Crippen LogP contribution in [0.2, 0.25) is 0 Å². The van der Waals surface area contributed by atoms with E-state index in [9.17, 15) is 22.0 Å². The molecule has 0 spiro atoms. The van der Waals surface area contributed by atoms with E-state index in [1.165, 1.54) is 4.31 Å². The van der Waals surface area contributed by atoms with Crippen molar-refractivity contribution in [3.63, 3.8) is 0 Å². The molecule has 1 amide bonds. The Balaban J connectivity index is 1.53. The molecule has 162 valence electrons. The van der Waals surface area contributed by atoms with Crippen LogP contribution in [0.25, 0.3) is 0 Å². The number of nitrogens with zero attached hydrogens (tertiary/aromatic N) is 4. The number of aromatic nitrogens is 2. The molecular formula is C20H24F2N4O3S. The molecule has 2 aliphatic rings. The van der Waals surface area contributed by atoms with Gasteiger partial charge in [0, 0.05) is 63.7 Å². The molecule has 30 heavy (non-hydrogen) atoms. The van der Waals surface area contributed by atoms with Crippen LogP contribution in [0.4, 0.5) is 8.78 Å². The van der Waals surface area contributed by atoms with Gasteiger partial charge in [-0.15, -0.1) is 0 Å². The van der Waals surface area contributed by atoms with Gasteiger partial charge < -0.3 is 4.90 Å². The second-order valence-corrected chi connectivity index (χ2v) is 9.69. The summed E-state index contributed by atoms with van der Waals surface area (Å²) >= 11 is 0. The Morgan fingerprint density at radius 1 is 1.13 bits per heavy atom. The Morgan fingerprint density at radius 2 is 1.87 bits per heavy atom. The highest BCUT2D eigenvalue weighted by molar-refractivity contribution is 7.89. The highest BCUT2D eigenvalue weighted by atomic mass is 32.2. The van der Waals surface area contributed by atoms with Gasteiger partial charge in [-0.25, -0.2) is 17.2 Å². The lowest BCUT2D eigenvalue weighted by Gasteiger charge is -2.27. The fourth-order valence-electron chi connectivity index (χ4n) is 4.19. The summed E-state index contributed by atoms with van der Waals surface area (Å²) in [5.41, 5.74) is 2.45. The van der Waals surface area contributed by atoms with Gasteiger partial charge in [0.15, 0.2) is 11.6 Å². The van der Waals surface area contributed by atoms with Crippen molar-refractivity contribution < 1.29 is 22.0 Å². The van der Waals surface area contributed by atoms with E-state index in [4.69, 9.17) is 0 Å². The van der Waals surface area contributed by atoms with E-state index < -0.39 is 21.7 Å². The second kappa shape index (κ2) is 8.07. The Bertz CT molecular complexity index is 1080. The molecule has 10 heteroatoms. The van der Waals surface area contributed by atoms with Gasteiger partial charge in [0.05, 0.1) is 10.6 Å². The Kier molecular flexibility index (Phi) is 5.63. The van der Waals surface area contributed by atoms with Crippen LogP contribution in [-0.2, 0) is 41.3 Å². The minimum atomic E-state index is -3.98. The normalized spacial score (nSPS) is 17.4. The number of hydrogen-bond donors (Lipinski definition) is 0. The molecule has 0 N–H and O–H groups in total. The van der Waals surface area contributed by atoms with Crippen molar-refractivity contribution in [3.05, 3.63) is 46.8 Å². The number of benzene rings is 1. The number of amides is 1. The number of fused-ring (bicyclic) bond motifs is 1. The Hall–Kier alpha value is -2.33. The van der Waals surface area contributed by atoms with Crippen molar-refractivity contribution >= 4 is 15.9 Å². The third kappa shape index (κ3) is 3.85. The van der Waals surface area contributed by atoms with E-state index in [1.807, 2.05) is 11.9 Å². The fourth-order valence-corrected chi connectivity index (χ4v) is 5.61. The van der Waals surface area contributed by atoms with Gasteiger partial charge in [0.2, 0.25) is 15.9 Å². The van der Waals surface area contributed by atoms with Crippen molar-refractivity contribution in [1.82, 2.24) is 19.0 Å². The average molecular weight is 439 g/mol. The molecule has 0 aliphatic carbocycles. The molecule has 0 atom stereocenters. The lowest BCUT2D eigenvalue weighted by atomic mass is 10.0. The first-order valence-corrected chi connectivity index (χ1v) is 11.5. The molecular weight excluding hydrogens is 414 g/mol. The molecule has 2 aliphatic heterocycles. The molecule has 4 rings (SSSR count). The predicted molar refractivity (Wildman–Crippen MR) is 105 cm³/mol. The van der Waals surface area contributed by atoms with Gasteiger partial charge >= 0.3 is 0 Å². The maximum Gasteiger partial charge on any atom is 0.243 e. The van der Waals surface area contributed by atoms with Gasteiger partial charge in [0.25, 0.3) is 0 Å². The zero-order chi connectivity index (χ0) is 21.5. The van der Waals surface area contributed by atoms with Crippen LogP contribution >= 0.6 is 0 Å². The summed E-state index contributed by atoms with van der Waals surface area (Å²) in [5, 5.41) is 4.52. The molecule has 3 heterocycles. The summed E-state index contributed by atoms with van der Waals surface area (Å²) < 4.78 is 55.7. The average Bonchev–Trinajstić information content (AvgIpc) is 3.36. The molecule has 0 radical (unpaired) electrons. The minimum absolute atomic E-state index is 0.0916. The molecule has 0 unspecified atom stereocenters. The number of rotatable bonds is 5. The number of carbonyl (C=O) groups is 1. The molecule has 0 bridgehead atoms. The molecule has 0 saturated carbocycles. The molecule has 1 aromatic carbocycles. The molecule has 1 fully saturated rings. The monoisotopic (exact) mass is 438 g/mol. The van der Waals surface area contributed by atoms with Gasteiger partial charge in [-0.05, 0) is 31.0 Å². The van der Waals surface area contributed by atoms with Crippen LogP contribution in [-0.4, -0.2) is 52.9 Å². The van der Waals surface area contributed by atoms with Gasteiger partial charge in [0.1, 0.15) is 0 Å². The van der Waals surface area contributed by atoms with Crippen molar-refractivity contribution in [2.24, 2.45) is 7.05 Å². The number of halogens is 2. The SMILES string of the molecule is Cn1nc(CCC(=O)N2CCCC2)c2c1CCN(S(=O)(=O)c1ccc(F)c(F)c1)C2. The number of likely N-dealkylation sites (tertiary alicyclic amines) is 1. The van der Waals surface area contributed by atoms with Gasteiger partial charge in [-0.1, -0.05) is 0 Å². The number of aryl methyl sites for hydroxylation is 2. The second-order valence-electron chi connectivity index (χ2n) is 7.75. The summed E-state index contributed by atoms with van der Waals surface area (Å²) in [4.78, 5) is 14.0. The van der Waals surface area contributed by atoms with Crippen LogP contribution in [0.5, 0.6) is 0 Å². The van der Waals surface area contributed by atoms with Gasteiger partial charge in [-0.2, -0.15) is 9.40 Å². The summed E-state index contributed by atoms with van der Waals surface area (Å²) in [7, 11) is -2.17. The predicted octanol–water partition coefficient (Wildman–Crippen LogP) is 2.00. The molecule has 2 aromatic rings. The third-order valence-electron chi connectivity index (χ3n) is 5.85. The highest BCUT2D eigenvalue weighted by Crippen LogP contribution is 2.28. The topological polar surface area (TPSA) is 75.5 Å². The summed E-state index contributed by atoms with van der Waals surface area (Å²) in [5.74, 6) is -2.20. The molecule has 7 nitrogen and oxygen atoms in total. The van der Waals surface area contributed by atoms with E-state index >= 15 is 0 Å². The lowest BCUT2D eigenvalue weighted by Crippen LogP contribution is -2.36. The van der Waals surface area contributed by atoms with Crippen LogP contribution in [0, 0.1) is 11.6 Å². The number of hydrogen-bond acceptors (Lipinski definition) is 4. The first kappa shape index (κ1) is 20.9. The zero-order valence-corrected chi connectivity index (χ0v) is 17.6. The summed E-state index contributed by atoms with van der Waals surface area (Å²) in [6, 6.07) is 2.60. The van der Waals surface area contributed by atoms with Crippen LogP contribution in [0.1, 0.15) is 36.2 Å². The zero-order valence-electron chi connectivity index (χ0n) is 16.8. The highest BCUT2D eigenvalue weighted by Gasteiger charge is 2.32. The molecule has 1 aromatic heterocycles. The first-order chi connectivity index (χ1) is 14.3. The Morgan fingerprint density at radius 3 is 2.57 bits per heavy atom. The number of carbonyl (C=O) groups excluding carboxylic acids is 1. The lowest BCUT2D eigenvalue weighted by molar-refractivity contribution is -0.130. The van der Waals surface area contributed by atoms with Crippen LogP contribution < -0.4 is 0 Å². The van der Waals surface area contributed by atoms with E-state index in [2.05, 4.69) is 5.10 Å². The third-order valence-corrected chi connectivity index (χ3v) is 7.69. The van der Waals surface area contributed by atoms with Crippen molar-refractivity contribution in [2.75, 3.05) is 19.6 Å². The van der Waals surface area contributed by atoms with E-state index in [0.717, 1.165) is 49.3 Å². The van der Waals surface area contributed by atoms with Crippen molar-refractivity contribution in [1.29, 1.82) is 0 Å². The summed E-state index contributed by atoms with van der Waals surface area (Å²) in [6.45, 7) is 1.90.